The average molecular weight is 1070 g/mol. The van der Waals surface area contributed by atoms with Crippen molar-refractivity contribution >= 4 is 5.97 Å². The zero-order chi connectivity index (χ0) is 54.4. The first-order chi connectivity index (χ1) is 36.6. The zero-order valence-electron chi connectivity index (χ0n) is 46.8. The molecule has 11 unspecified atom stereocenters. The molecule has 0 aromatic heterocycles. The summed E-state index contributed by atoms with van der Waals surface area (Å²) < 4.78 is 34.4. The molecule has 11 atom stereocenters. The molecular formula is C61H108O14. The van der Waals surface area contributed by atoms with E-state index in [1.165, 1.54) is 109 Å². The molecule has 0 aromatic carbocycles. The van der Waals surface area contributed by atoms with Gasteiger partial charge in [-0.3, -0.25) is 4.79 Å². The van der Waals surface area contributed by atoms with Crippen molar-refractivity contribution in [2.24, 2.45) is 0 Å². The average Bonchev–Trinajstić information content (AvgIpc) is 3.41. The summed E-state index contributed by atoms with van der Waals surface area (Å²) in [5.74, 6) is -0.385. The minimum Gasteiger partial charge on any atom is -0.457 e. The van der Waals surface area contributed by atoms with Crippen molar-refractivity contribution in [1.82, 2.24) is 0 Å². The van der Waals surface area contributed by atoms with Gasteiger partial charge in [0, 0.05) is 13.0 Å². The van der Waals surface area contributed by atoms with Crippen molar-refractivity contribution in [2.45, 2.75) is 287 Å². The van der Waals surface area contributed by atoms with Gasteiger partial charge in [-0.1, -0.05) is 216 Å². The van der Waals surface area contributed by atoms with Crippen LogP contribution in [0, 0.1) is 0 Å². The van der Waals surface area contributed by atoms with Gasteiger partial charge >= 0.3 is 5.97 Å². The molecule has 2 fully saturated rings. The van der Waals surface area contributed by atoms with Gasteiger partial charge in [0.2, 0.25) is 0 Å². The third kappa shape index (κ3) is 34.3. The molecule has 2 saturated heterocycles. The van der Waals surface area contributed by atoms with E-state index >= 15 is 0 Å². The van der Waals surface area contributed by atoms with E-state index in [1.807, 2.05) is 0 Å². The molecule has 0 saturated carbocycles. The molecule has 14 nitrogen and oxygen atoms in total. The molecule has 2 rings (SSSR count). The number of rotatable bonds is 48. The Morgan fingerprint density at radius 3 is 1.36 bits per heavy atom. The fraction of sp³-hybridized carbons (Fsp3) is 0.820. The maximum Gasteiger partial charge on any atom is 0.306 e. The number of aliphatic hydroxyl groups excluding tert-OH is 7. The minimum atomic E-state index is -1.71. The Labute approximate surface area is 454 Å². The van der Waals surface area contributed by atoms with Crippen molar-refractivity contribution in [3.63, 3.8) is 0 Å². The van der Waals surface area contributed by atoms with E-state index in [1.54, 1.807) is 0 Å². The number of hydrogen-bond acceptors (Lipinski definition) is 14. The van der Waals surface area contributed by atoms with Crippen LogP contribution in [0.2, 0.25) is 0 Å². The number of ether oxygens (including phenoxy) is 6. The Kier molecular flexibility index (Phi) is 43.7. The molecule has 2 heterocycles. The van der Waals surface area contributed by atoms with Crippen molar-refractivity contribution in [2.75, 3.05) is 33.0 Å². The number of carbonyl (C=O) groups is 1. The Morgan fingerprint density at radius 1 is 0.453 bits per heavy atom. The van der Waals surface area contributed by atoms with Gasteiger partial charge in [0.15, 0.2) is 12.6 Å². The summed E-state index contributed by atoms with van der Waals surface area (Å²) >= 11 is 0. The van der Waals surface area contributed by atoms with E-state index in [-0.39, 0.29) is 25.6 Å². The lowest BCUT2D eigenvalue weighted by Crippen LogP contribution is -2.61. The van der Waals surface area contributed by atoms with Crippen molar-refractivity contribution in [3.05, 3.63) is 60.8 Å². The summed E-state index contributed by atoms with van der Waals surface area (Å²) in [6.07, 6.45) is 42.7. The van der Waals surface area contributed by atoms with Gasteiger partial charge in [-0.15, -0.1) is 0 Å². The van der Waals surface area contributed by atoms with E-state index in [4.69, 9.17) is 28.4 Å². The highest BCUT2D eigenvalue weighted by Crippen LogP contribution is 2.27. The fourth-order valence-electron chi connectivity index (χ4n) is 9.25. The molecule has 2 aliphatic rings. The molecule has 0 bridgehead atoms. The fourth-order valence-corrected chi connectivity index (χ4v) is 9.25. The predicted octanol–water partition coefficient (Wildman–Crippen LogP) is 10.9. The summed E-state index contributed by atoms with van der Waals surface area (Å²) in [6, 6.07) is 0. The second-order valence-electron chi connectivity index (χ2n) is 20.8. The maximum absolute atomic E-state index is 13.1. The van der Waals surface area contributed by atoms with Crippen LogP contribution in [0.5, 0.6) is 0 Å². The van der Waals surface area contributed by atoms with Crippen LogP contribution in [0.1, 0.15) is 219 Å². The zero-order valence-corrected chi connectivity index (χ0v) is 46.8. The molecule has 75 heavy (non-hydrogen) atoms. The topological polar surface area (TPSA) is 214 Å². The third-order valence-electron chi connectivity index (χ3n) is 14.0. The molecule has 0 aliphatic carbocycles. The Bertz CT molecular complexity index is 1470. The molecule has 0 radical (unpaired) electrons. The van der Waals surface area contributed by atoms with Crippen LogP contribution in [0.4, 0.5) is 0 Å². The van der Waals surface area contributed by atoms with Gasteiger partial charge in [-0.2, -0.15) is 0 Å². The third-order valence-corrected chi connectivity index (χ3v) is 14.0. The normalized spacial score (nSPS) is 25.0. The Balaban J connectivity index is 1.71. The van der Waals surface area contributed by atoms with Gasteiger partial charge in [-0.25, -0.2) is 0 Å². The SMILES string of the molecule is CC/C=C\C/C=C\C/C=C\C/C=C\C/C=C\CCCCCCCCCC(=O)OC(COCCCCCCCCCCCCCCCCCCCC)COC1OC(COC2OC(CO)C(O)C(O)C2O)C(O)C(O)C1O. The second-order valence-corrected chi connectivity index (χ2v) is 20.8. The Morgan fingerprint density at radius 2 is 0.867 bits per heavy atom. The largest absolute Gasteiger partial charge is 0.457 e. The predicted molar refractivity (Wildman–Crippen MR) is 298 cm³/mol. The molecule has 0 aromatic rings. The minimum absolute atomic E-state index is 0.0575. The van der Waals surface area contributed by atoms with Crippen LogP contribution in [0.15, 0.2) is 60.8 Å². The molecule has 0 amide bonds. The summed E-state index contributed by atoms with van der Waals surface area (Å²) in [6.45, 7) is 3.59. The monoisotopic (exact) mass is 1060 g/mol. The van der Waals surface area contributed by atoms with Crippen LogP contribution in [-0.2, 0) is 33.2 Å². The van der Waals surface area contributed by atoms with E-state index in [2.05, 4.69) is 74.6 Å². The van der Waals surface area contributed by atoms with Gasteiger partial charge in [-0.05, 0) is 57.8 Å². The molecule has 14 heteroatoms. The first-order valence-corrected chi connectivity index (χ1v) is 29.9. The molecular weight excluding hydrogens is 957 g/mol. The molecule has 2 aliphatic heterocycles. The quantitative estimate of drug-likeness (QED) is 0.0172. The van der Waals surface area contributed by atoms with Gasteiger partial charge in [0.1, 0.15) is 54.9 Å². The lowest BCUT2D eigenvalue weighted by molar-refractivity contribution is -0.332. The van der Waals surface area contributed by atoms with Crippen molar-refractivity contribution in [3.8, 4) is 0 Å². The highest BCUT2D eigenvalue weighted by molar-refractivity contribution is 5.69. The van der Waals surface area contributed by atoms with Crippen LogP contribution >= 0.6 is 0 Å². The molecule has 7 N–H and O–H groups in total. The van der Waals surface area contributed by atoms with Crippen LogP contribution in [-0.4, -0.2) is 142 Å². The van der Waals surface area contributed by atoms with Crippen LogP contribution in [0.3, 0.4) is 0 Å². The number of aliphatic hydroxyl groups is 7. The smallest absolute Gasteiger partial charge is 0.306 e. The van der Waals surface area contributed by atoms with Gasteiger partial charge < -0.3 is 64.2 Å². The lowest BCUT2D eigenvalue weighted by atomic mass is 9.98. The first kappa shape index (κ1) is 68.8. The Hall–Kier alpha value is -2.31. The van der Waals surface area contributed by atoms with E-state index in [9.17, 15) is 40.5 Å². The summed E-state index contributed by atoms with van der Waals surface area (Å²) in [4.78, 5) is 13.1. The first-order valence-electron chi connectivity index (χ1n) is 29.9. The van der Waals surface area contributed by atoms with Crippen molar-refractivity contribution < 1.29 is 69.0 Å². The number of carbonyl (C=O) groups excluding carboxylic acids is 1. The summed E-state index contributed by atoms with van der Waals surface area (Å²) in [5.41, 5.74) is 0. The number of hydrogen-bond donors (Lipinski definition) is 7. The number of esters is 1. The standard InChI is InChI=1S/C61H108O14/c1-3-5-7-9-11-13-15-17-19-21-23-24-25-26-27-28-30-32-34-36-38-40-42-44-53(63)73-50(47-70-45-43-41-39-37-35-33-31-29-22-20-18-16-14-12-10-8-6-4-2)48-71-60-59(69)57(67)55(65)52(75-60)49-72-61-58(68)56(66)54(64)51(46-62)74-61/h5,7,11,13,17,19,23-24,26-27,50-52,54-62,64-69H,3-4,6,8-10,12,14-16,18,20-22,25,28-49H2,1-2H3/b7-5-,13-11-,19-17-,24-23-,27-26-. The van der Waals surface area contributed by atoms with Crippen molar-refractivity contribution in [1.29, 1.82) is 0 Å². The van der Waals surface area contributed by atoms with E-state index < -0.39 is 80.7 Å². The van der Waals surface area contributed by atoms with E-state index in [0.29, 0.717) is 13.0 Å². The highest BCUT2D eigenvalue weighted by Gasteiger charge is 2.47. The summed E-state index contributed by atoms with van der Waals surface area (Å²) in [5, 5.41) is 72.4. The molecule has 0 spiro atoms. The maximum atomic E-state index is 13.1. The number of allylic oxidation sites excluding steroid dienone is 10. The second kappa shape index (κ2) is 47.7. The van der Waals surface area contributed by atoms with Crippen LogP contribution < -0.4 is 0 Å². The van der Waals surface area contributed by atoms with E-state index in [0.717, 1.165) is 83.5 Å². The highest BCUT2D eigenvalue weighted by atomic mass is 16.7. The van der Waals surface area contributed by atoms with Crippen LogP contribution in [0.25, 0.3) is 0 Å². The molecule has 436 valence electrons. The lowest BCUT2D eigenvalue weighted by Gasteiger charge is -2.42. The summed E-state index contributed by atoms with van der Waals surface area (Å²) in [7, 11) is 0. The number of unbranched alkanes of at least 4 members (excludes halogenated alkanes) is 24. The van der Waals surface area contributed by atoms with Gasteiger partial charge in [0.25, 0.3) is 0 Å². The van der Waals surface area contributed by atoms with Gasteiger partial charge in [0.05, 0.1) is 26.4 Å².